The molecule has 1 heterocycles. The predicted octanol–water partition coefficient (Wildman–Crippen LogP) is 2.73. The molecule has 1 amide bonds. The van der Waals surface area contributed by atoms with Crippen LogP contribution in [0, 0.1) is 0 Å². The van der Waals surface area contributed by atoms with Crippen molar-refractivity contribution in [2.75, 3.05) is 13.2 Å². The molecule has 1 aromatic heterocycles. The Morgan fingerprint density at radius 1 is 1.47 bits per heavy atom. The highest BCUT2D eigenvalue weighted by Gasteiger charge is 2.15. The first-order chi connectivity index (χ1) is 8.25. The Bertz CT molecular complexity index is 372. The smallest absolute Gasteiger partial charge is 0.287 e. The molecule has 0 bridgehead atoms. The van der Waals surface area contributed by atoms with Crippen LogP contribution in [0.5, 0.6) is 0 Å². The zero-order valence-corrected chi connectivity index (χ0v) is 11.2. The minimum absolute atomic E-state index is 0.203. The third-order valence-electron chi connectivity index (χ3n) is 2.84. The number of furan rings is 1. The molecule has 0 atom stereocenters. The summed E-state index contributed by atoms with van der Waals surface area (Å²) in [6.45, 7) is 1.09. The Balaban J connectivity index is 1.63. The summed E-state index contributed by atoms with van der Waals surface area (Å²) in [6, 6.07) is 3.33. The van der Waals surface area contributed by atoms with Gasteiger partial charge in [-0.3, -0.25) is 4.79 Å². The number of ether oxygens (including phenoxy) is 1. The second-order valence-electron chi connectivity index (χ2n) is 4.14. The summed E-state index contributed by atoms with van der Waals surface area (Å²) in [7, 11) is 0. The third kappa shape index (κ3) is 3.85. The second-order valence-corrected chi connectivity index (χ2v) is 4.92. The van der Waals surface area contributed by atoms with E-state index in [1.807, 2.05) is 0 Å². The number of rotatable bonds is 5. The van der Waals surface area contributed by atoms with Gasteiger partial charge in [-0.05, 0) is 40.9 Å². The Morgan fingerprint density at radius 3 is 2.88 bits per heavy atom. The van der Waals surface area contributed by atoms with Crippen LogP contribution >= 0.6 is 15.9 Å². The average Bonchev–Trinajstić information content (AvgIpc) is 2.95. The number of nitrogens with one attached hydrogen (secondary N) is 1. The Kier molecular flexibility index (Phi) is 4.62. The maximum absolute atomic E-state index is 11.6. The molecule has 4 nitrogen and oxygen atoms in total. The molecular weight excluding hydrogens is 286 g/mol. The van der Waals surface area contributed by atoms with Crippen LogP contribution in [0.3, 0.4) is 0 Å². The summed E-state index contributed by atoms with van der Waals surface area (Å²) < 4.78 is 11.3. The molecule has 1 fully saturated rings. The average molecular weight is 302 g/mol. The van der Waals surface area contributed by atoms with E-state index in [2.05, 4.69) is 21.2 Å². The quantitative estimate of drug-likeness (QED) is 0.851. The van der Waals surface area contributed by atoms with Gasteiger partial charge in [0.05, 0.1) is 12.7 Å². The van der Waals surface area contributed by atoms with Gasteiger partial charge in [0, 0.05) is 6.54 Å². The van der Waals surface area contributed by atoms with Gasteiger partial charge in [-0.2, -0.15) is 0 Å². The molecule has 94 valence electrons. The van der Waals surface area contributed by atoms with E-state index in [0.29, 0.717) is 29.7 Å². The van der Waals surface area contributed by atoms with Crippen LogP contribution in [-0.2, 0) is 4.74 Å². The van der Waals surface area contributed by atoms with Gasteiger partial charge in [0.2, 0.25) is 0 Å². The molecule has 1 N–H and O–H groups in total. The highest BCUT2D eigenvalue weighted by molar-refractivity contribution is 9.10. The van der Waals surface area contributed by atoms with Crippen LogP contribution in [0.25, 0.3) is 0 Å². The number of halogens is 1. The molecule has 0 aliphatic heterocycles. The largest absolute Gasteiger partial charge is 0.444 e. The molecule has 0 saturated heterocycles. The third-order valence-corrected chi connectivity index (χ3v) is 3.27. The van der Waals surface area contributed by atoms with Gasteiger partial charge in [-0.25, -0.2) is 0 Å². The van der Waals surface area contributed by atoms with E-state index < -0.39 is 0 Å². The zero-order chi connectivity index (χ0) is 12.1. The van der Waals surface area contributed by atoms with Crippen molar-refractivity contribution in [1.82, 2.24) is 5.32 Å². The van der Waals surface area contributed by atoms with Crippen LogP contribution in [-0.4, -0.2) is 25.2 Å². The van der Waals surface area contributed by atoms with Crippen LogP contribution < -0.4 is 5.32 Å². The van der Waals surface area contributed by atoms with Crippen molar-refractivity contribution in [1.29, 1.82) is 0 Å². The SMILES string of the molecule is O=C(NCCOC1CCCC1)c1ccc(Br)o1. The zero-order valence-electron chi connectivity index (χ0n) is 9.58. The van der Waals surface area contributed by atoms with Crippen molar-refractivity contribution >= 4 is 21.8 Å². The first kappa shape index (κ1) is 12.6. The van der Waals surface area contributed by atoms with Gasteiger partial charge in [0.25, 0.3) is 5.91 Å². The van der Waals surface area contributed by atoms with Crippen molar-refractivity contribution in [3.63, 3.8) is 0 Å². The van der Waals surface area contributed by atoms with Crippen LogP contribution in [0.4, 0.5) is 0 Å². The Hall–Kier alpha value is -0.810. The number of hydrogen-bond acceptors (Lipinski definition) is 3. The highest BCUT2D eigenvalue weighted by Crippen LogP contribution is 2.20. The second kappa shape index (κ2) is 6.21. The van der Waals surface area contributed by atoms with Crippen LogP contribution in [0.15, 0.2) is 21.2 Å². The van der Waals surface area contributed by atoms with Gasteiger partial charge in [0.1, 0.15) is 0 Å². The fraction of sp³-hybridized carbons (Fsp3) is 0.583. The van der Waals surface area contributed by atoms with E-state index >= 15 is 0 Å². The molecule has 5 heteroatoms. The molecule has 17 heavy (non-hydrogen) atoms. The summed E-state index contributed by atoms with van der Waals surface area (Å²) in [4.78, 5) is 11.6. The summed E-state index contributed by atoms with van der Waals surface area (Å²) >= 11 is 3.16. The van der Waals surface area contributed by atoms with Gasteiger partial charge in [0.15, 0.2) is 10.4 Å². The van der Waals surface area contributed by atoms with E-state index in [4.69, 9.17) is 9.15 Å². The number of carbonyl (C=O) groups excluding carboxylic acids is 1. The minimum Gasteiger partial charge on any atom is -0.444 e. The van der Waals surface area contributed by atoms with Crippen molar-refractivity contribution < 1.29 is 13.9 Å². The molecule has 0 spiro atoms. The summed E-state index contributed by atoms with van der Waals surface area (Å²) in [5.74, 6) is 0.114. The number of hydrogen-bond donors (Lipinski definition) is 1. The van der Waals surface area contributed by atoms with Crippen molar-refractivity contribution in [3.8, 4) is 0 Å². The standard InChI is InChI=1S/C12H16BrNO3/c13-11-6-5-10(17-11)12(15)14-7-8-16-9-3-1-2-4-9/h5-6,9H,1-4,7-8H2,(H,14,15). The first-order valence-electron chi connectivity index (χ1n) is 5.91. The molecule has 0 radical (unpaired) electrons. The lowest BCUT2D eigenvalue weighted by Crippen LogP contribution is -2.28. The Morgan fingerprint density at radius 2 is 2.24 bits per heavy atom. The molecular formula is C12H16BrNO3. The van der Waals surface area contributed by atoms with Crippen molar-refractivity contribution in [2.24, 2.45) is 0 Å². The predicted molar refractivity (Wildman–Crippen MR) is 66.9 cm³/mol. The van der Waals surface area contributed by atoms with E-state index in [0.717, 1.165) is 12.8 Å². The molecule has 0 unspecified atom stereocenters. The first-order valence-corrected chi connectivity index (χ1v) is 6.70. The van der Waals surface area contributed by atoms with Crippen LogP contribution in [0.1, 0.15) is 36.2 Å². The normalized spacial score (nSPS) is 16.3. The number of amides is 1. The molecule has 1 aromatic rings. The monoisotopic (exact) mass is 301 g/mol. The maximum Gasteiger partial charge on any atom is 0.287 e. The van der Waals surface area contributed by atoms with Crippen molar-refractivity contribution in [2.45, 2.75) is 31.8 Å². The summed E-state index contributed by atoms with van der Waals surface area (Å²) in [5, 5.41) is 2.76. The topological polar surface area (TPSA) is 51.5 Å². The molecule has 1 aliphatic carbocycles. The van der Waals surface area contributed by atoms with Gasteiger partial charge >= 0.3 is 0 Å². The molecule has 2 rings (SSSR count). The molecule has 1 aliphatic rings. The van der Waals surface area contributed by atoms with Gasteiger partial charge in [-0.15, -0.1) is 0 Å². The molecule has 1 saturated carbocycles. The van der Waals surface area contributed by atoms with E-state index in [1.54, 1.807) is 12.1 Å². The minimum atomic E-state index is -0.203. The Labute approximate surface area is 109 Å². The lowest BCUT2D eigenvalue weighted by Gasteiger charge is -2.10. The maximum atomic E-state index is 11.6. The van der Waals surface area contributed by atoms with Crippen LogP contribution in [0.2, 0.25) is 0 Å². The summed E-state index contributed by atoms with van der Waals surface area (Å²) in [6.07, 6.45) is 5.22. The van der Waals surface area contributed by atoms with E-state index in [1.165, 1.54) is 12.8 Å². The van der Waals surface area contributed by atoms with Gasteiger partial charge in [-0.1, -0.05) is 12.8 Å². The molecule has 0 aromatic carbocycles. The lowest BCUT2D eigenvalue weighted by atomic mass is 10.3. The van der Waals surface area contributed by atoms with Gasteiger partial charge < -0.3 is 14.5 Å². The lowest BCUT2D eigenvalue weighted by molar-refractivity contribution is 0.0577. The summed E-state index contributed by atoms with van der Waals surface area (Å²) in [5.41, 5.74) is 0. The fourth-order valence-electron chi connectivity index (χ4n) is 1.97. The van der Waals surface area contributed by atoms with Crippen molar-refractivity contribution in [3.05, 3.63) is 22.6 Å². The fourth-order valence-corrected chi connectivity index (χ4v) is 2.28. The highest BCUT2D eigenvalue weighted by atomic mass is 79.9. The van der Waals surface area contributed by atoms with E-state index in [-0.39, 0.29) is 5.91 Å². The number of carbonyl (C=O) groups is 1. The van der Waals surface area contributed by atoms with E-state index in [9.17, 15) is 4.79 Å².